The molecule has 0 radical (unpaired) electrons. The second-order valence-electron chi connectivity index (χ2n) is 3.74. The first-order valence-electron chi connectivity index (χ1n) is 4.78. The predicted molar refractivity (Wildman–Crippen MR) is 56.1 cm³/mol. The SMILES string of the molecule is Cc1noc2c(CC(C)N)cccc12. The second kappa shape index (κ2) is 3.42. The van der Waals surface area contributed by atoms with Crippen LogP contribution < -0.4 is 5.73 Å². The van der Waals surface area contributed by atoms with Crippen molar-refractivity contribution >= 4 is 11.0 Å². The largest absolute Gasteiger partial charge is 0.356 e. The Morgan fingerprint density at radius 3 is 3.00 bits per heavy atom. The van der Waals surface area contributed by atoms with E-state index in [0.29, 0.717) is 0 Å². The number of nitrogens with two attached hydrogens (primary N) is 1. The topological polar surface area (TPSA) is 52.0 Å². The van der Waals surface area contributed by atoms with Gasteiger partial charge in [-0.15, -0.1) is 0 Å². The summed E-state index contributed by atoms with van der Waals surface area (Å²) in [7, 11) is 0. The minimum Gasteiger partial charge on any atom is -0.356 e. The maximum Gasteiger partial charge on any atom is 0.170 e. The van der Waals surface area contributed by atoms with Crippen LogP contribution in [-0.4, -0.2) is 11.2 Å². The van der Waals surface area contributed by atoms with E-state index in [1.54, 1.807) is 0 Å². The number of hydrogen-bond acceptors (Lipinski definition) is 3. The van der Waals surface area contributed by atoms with Gasteiger partial charge in [-0.3, -0.25) is 0 Å². The van der Waals surface area contributed by atoms with Crippen LogP contribution in [0.4, 0.5) is 0 Å². The van der Waals surface area contributed by atoms with Crippen LogP contribution in [0.15, 0.2) is 22.7 Å². The van der Waals surface area contributed by atoms with E-state index >= 15 is 0 Å². The molecule has 14 heavy (non-hydrogen) atoms. The first-order valence-corrected chi connectivity index (χ1v) is 4.78. The number of rotatable bonds is 2. The van der Waals surface area contributed by atoms with Gasteiger partial charge in [0.05, 0.1) is 5.69 Å². The lowest BCUT2D eigenvalue weighted by molar-refractivity contribution is 0.447. The average molecular weight is 190 g/mol. The van der Waals surface area contributed by atoms with Crippen molar-refractivity contribution in [1.82, 2.24) is 5.16 Å². The molecular weight excluding hydrogens is 176 g/mol. The van der Waals surface area contributed by atoms with Crippen LogP contribution in [-0.2, 0) is 6.42 Å². The highest BCUT2D eigenvalue weighted by Crippen LogP contribution is 2.22. The molecule has 2 rings (SSSR count). The van der Waals surface area contributed by atoms with Crippen molar-refractivity contribution in [3.8, 4) is 0 Å². The lowest BCUT2D eigenvalue weighted by Gasteiger charge is -2.04. The summed E-state index contributed by atoms with van der Waals surface area (Å²) < 4.78 is 5.28. The molecule has 74 valence electrons. The zero-order valence-corrected chi connectivity index (χ0v) is 8.45. The third kappa shape index (κ3) is 1.51. The molecule has 0 spiro atoms. The van der Waals surface area contributed by atoms with Crippen molar-refractivity contribution in [1.29, 1.82) is 0 Å². The third-order valence-corrected chi connectivity index (χ3v) is 2.30. The first kappa shape index (κ1) is 9.21. The second-order valence-corrected chi connectivity index (χ2v) is 3.74. The standard InChI is InChI=1S/C11H14N2O/c1-7(12)6-9-4-3-5-10-8(2)13-14-11(9)10/h3-5,7H,6,12H2,1-2H3. The molecule has 0 aliphatic carbocycles. The van der Waals surface area contributed by atoms with E-state index in [1.807, 2.05) is 32.0 Å². The Bertz CT molecular complexity index is 445. The Morgan fingerprint density at radius 1 is 1.50 bits per heavy atom. The smallest absolute Gasteiger partial charge is 0.170 e. The van der Waals surface area contributed by atoms with Gasteiger partial charge < -0.3 is 10.3 Å². The number of para-hydroxylation sites is 1. The Kier molecular flexibility index (Phi) is 2.25. The summed E-state index contributed by atoms with van der Waals surface area (Å²) >= 11 is 0. The Morgan fingerprint density at radius 2 is 2.29 bits per heavy atom. The molecule has 1 aromatic heterocycles. The third-order valence-electron chi connectivity index (χ3n) is 2.30. The highest BCUT2D eigenvalue weighted by atomic mass is 16.5. The van der Waals surface area contributed by atoms with Crippen molar-refractivity contribution in [2.75, 3.05) is 0 Å². The van der Waals surface area contributed by atoms with Gasteiger partial charge in [-0.25, -0.2) is 0 Å². The van der Waals surface area contributed by atoms with E-state index in [4.69, 9.17) is 10.3 Å². The summed E-state index contributed by atoms with van der Waals surface area (Å²) in [5.41, 5.74) is 8.71. The molecular formula is C11H14N2O. The van der Waals surface area contributed by atoms with Crippen LogP contribution in [0.5, 0.6) is 0 Å². The van der Waals surface area contributed by atoms with Crippen molar-refractivity contribution in [3.63, 3.8) is 0 Å². The zero-order valence-electron chi connectivity index (χ0n) is 8.45. The van der Waals surface area contributed by atoms with Gasteiger partial charge in [-0.2, -0.15) is 0 Å². The highest BCUT2D eigenvalue weighted by Gasteiger charge is 2.09. The van der Waals surface area contributed by atoms with E-state index in [9.17, 15) is 0 Å². The Hall–Kier alpha value is -1.35. The van der Waals surface area contributed by atoms with Gasteiger partial charge in [0.25, 0.3) is 0 Å². The van der Waals surface area contributed by atoms with Crippen molar-refractivity contribution in [3.05, 3.63) is 29.5 Å². The summed E-state index contributed by atoms with van der Waals surface area (Å²) in [5, 5.41) is 5.03. The fourth-order valence-corrected chi connectivity index (χ4v) is 1.65. The van der Waals surface area contributed by atoms with E-state index in [2.05, 4.69) is 5.16 Å². The number of fused-ring (bicyclic) bond motifs is 1. The van der Waals surface area contributed by atoms with Gasteiger partial charge in [0, 0.05) is 11.4 Å². The van der Waals surface area contributed by atoms with E-state index in [0.717, 1.165) is 28.6 Å². The summed E-state index contributed by atoms with van der Waals surface area (Å²) in [6, 6.07) is 6.22. The summed E-state index contributed by atoms with van der Waals surface area (Å²) in [5.74, 6) is 0. The van der Waals surface area contributed by atoms with Gasteiger partial charge in [0.15, 0.2) is 5.58 Å². The molecule has 2 N–H and O–H groups in total. The average Bonchev–Trinajstić information content (AvgIpc) is 2.49. The van der Waals surface area contributed by atoms with Crippen LogP contribution in [0.25, 0.3) is 11.0 Å². The molecule has 1 unspecified atom stereocenters. The predicted octanol–water partition coefficient (Wildman–Crippen LogP) is 2.03. The molecule has 1 heterocycles. The maximum atomic E-state index is 5.76. The molecule has 3 heteroatoms. The number of benzene rings is 1. The fourth-order valence-electron chi connectivity index (χ4n) is 1.65. The normalized spacial score (nSPS) is 13.4. The van der Waals surface area contributed by atoms with Gasteiger partial charge in [0.2, 0.25) is 0 Å². The first-order chi connectivity index (χ1) is 6.68. The Labute approximate surface area is 82.9 Å². The van der Waals surface area contributed by atoms with Crippen LogP contribution in [0.1, 0.15) is 18.2 Å². The van der Waals surface area contributed by atoms with Gasteiger partial charge in [-0.05, 0) is 31.9 Å². The monoisotopic (exact) mass is 190 g/mol. The van der Waals surface area contributed by atoms with Crippen LogP contribution in [0.2, 0.25) is 0 Å². The van der Waals surface area contributed by atoms with Crippen molar-refractivity contribution < 1.29 is 4.52 Å². The van der Waals surface area contributed by atoms with E-state index in [-0.39, 0.29) is 6.04 Å². The molecule has 0 aliphatic heterocycles. The molecule has 0 saturated carbocycles. The van der Waals surface area contributed by atoms with Crippen molar-refractivity contribution in [2.45, 2.75) is 26.3 Å². The summed E-state index contributed by atoms with van der Waals surface area (Å²) in [6.07, 6.45) is 0.825. The molecule has 0 fully saturated rings. The highest BCUT2D eigenvalue weighted by molar-refractivity contribution is 5.82. The molecule has 1 aromatic carbocycles. The molecule has 1 atom stereocenters. The number of nitrogens with zero attached hydrogens (tertiary/aromatic N) is 1. The lowest BCUT2D eigenvalue weighted by Crippen LogP contribution is -2.17. The quantitative estimate of drug-likeness (QED) is 0.788. The number of aromatic nitrogens is 1. The molecule has 3 nitrogen and oxygen atoms in total. The van der Waals surface area contributed by atoms with Crippen LogP contribution >= 0.6 is 0 Å². The van der Waals surface area contributed by atoms with Gasteiger partial charge in [0.1, 0.15) is 0 Å². The van der Waals surface area contributed by atoms with E-state index < -0.39 is 0 Å². The lowest BCUT2D eigenvalue weighted by atomic mass is 10.0. The van der Waals surface area contributed by atoms with Gasteiger partial charge in [-0.1, -0.05) is 17.3 Å². The fraction of sp³-hybridized carbons (Fsp3) is 0.364. The maximum absolute atomic E-state index is 5.76. The van der Waals surface area contributed by atoms with Crippen LogP contribution in [0, 0.1) is 6.92 Å². The molecule has 0 amide bonds. The molecule has 2 aromatic rings. The Balaban J connectivity index is 2.54. The zero-order chi connectivity index (χ0) is 10.1. The molecule has 0 saturated heterocycles. The molecule has 0 aliphatic rings. The van der Waals surface area contributed by atoms with Gasteiger partial charge >= 0.3 is 0 Å². The summed E-state index contributed by atoms with van der Waals surface area (Å²) in [4.78, 5) is 0. The summed E-state index contributed by atoms with van der Waals surface area (Å²) in [6.45, 7) is 3.93. The molecule has 0 bridgehead atoms. The number of aryl methyl sites for hydroxylation is 1. The van der Waals surface area contributed by atoms with Crippen molar-refractivity contribution in [2.24, 2.45) is 5.73 Å². The van der Waals surface area contributed by atoms with Crippen LogP contribution in [0.3, 0.4) is 0 Å². The van der Waals surface area contributed by atoms with E-state index in [1.165, 1.54) is 0 Å². The minimum atomic E-state index is 0.144. The minimum absolute atomic E-state index is 0.144. The number of hydrogen-bond donors (Lipinski definition) is 1.